The minimum Gasteiger partial charge on any atom is -0.382 e. The fourth-order valence-corrected chi connectivity index (χ4v) is 2.05. The van der Waals surface area contributed by atoms with Crippen LogP contribution in [0.25, 0.3) is 11.3 Å². The largest absolute Gasteiger partial charge is 0.417 e. The van der Waals surface area contributed by atoms with E-state index in [0.717, 1.165) is 16.8 Å². The molecule has 4 nitrogen and oxygen atoms in total. The molecule has 0 aliphatic rings. The van der Waals surface area contributed by atoms with Crippen LogP contribution in [0.5, 0.6) is 0 Å². The highest BCUT2D eigenvalue weighted by Crippen LogP contribution is 2.38. The third kappa shape index (κ3) is 2.79. The molecule has 1 aromatic heterocycles. The first-order chi connectivity index (χ1) is 9.75. The van der Waals surface area contributed by atoms with Gasteiger partial charge in [-0.3, -0.25) is 0 Å². The Balaban J connectivity index is 2.65. The molecule has 0 atom stereocenters. The molecule has 21 heavy (non-hydrogen) atoms. The van der Waals surface area contributed by atoms with Crippen LogP contribution in [0.1, 0.15) is 24.7 Å². The topological polar surface area (TPSA) is 69.9 Å². The van der Waals surface area contributed by atoms with Crippen LogP contribution in [0.2, 0.25) is 0 Å². The van der Waals surface area contributed by atoms with Gasteiger partial charge in [0.25, 0.3) is 0 Å². The maximum Gasteiger partial charge on any atom is 0.417 e. The summed E-state index contributed by atoms with van der Waals surface area (Å²) in [6, 6.07) is 2.36. The molecule has 8 heteroatoms. The number of imidazole rings is 1. The normalized spacial score (nSPS) is 11.9. The Bertz CT molecular complexity index is 661. The molecule has 0 unspecified atom stereocenters. The molecule has 0 saturated carbocycles. The standard InChI is InChI=1S/C13H14F4N4/c1-2-3-10-20-11(12(18)21(10)19)8-5-4-7(14)6-9(8)13(15,16)17/h4-6H,2-3,18-19H2,1H3. The first-order valence-corrected chi connectivity index (χ1v) is 6.25. The number of rotatable bonds is 3. The summed E-state index contributed by atoms with van der Waals surface area (Å²) in [5.74, 6) is 5.00. The van der Waals surface area contributed by atoms with Crippen molar-refractivity contribution in [2.24, 2.45) is 0 Å². The van der Waals surface area contributed by atoms with Gasteiger partial charge in [-0.2, -0.15) is 13.2 Å². The molecule has 1 heterocycles. The summed E-state index contributed by atoms with van der Waals surface area (Å²) < 4.78 is 53.3. The summed E-state index contributed by atoms with van der Waals surface area (Å²) in [5.41, 5.74) is 4.22. The predicted molar refractivity (Wildman–Crippen MR) is 71.2 cm³/mol. The molecule has 0 radical (unpaired) electrons. The SMILES string of the molecule is CCCc1nc(-c2ccc(F)cc2C(F)(F)F)c(N)n1N. The van der Waals surface area contributed by atoms with Crippen molar-refractivity contribution < 1.29 is 17.6 Å². The molecule has 0 amide bonds. The van der Waals surface area contributed by atoms with Crippen LogP contribution in [-0.2, 0) is 12.6 Å². The molecule has 0 spiro atoms. The summed E-state index contributed by atoms with van der Waals surface area (Å²) in [7, 11) is 0. The van der Waals surface area contributed by atoms with E-state index in [0.29, 0.717) is 24.7 Å². The fraction of sp³-hybridized carbons (Fsp3) is 0.308. The molecule has 0 saturated heterocycles. The van der Waals surface area contributed by atoms with Crippen LogP contribution < -0.4 is 11.6 Å². The Kier molecular flexibility index (Phi) is 3.80. The molecule has 0 bridgehead atoms. The second kappa shape index (κ2) is 5.27. The Labute approximate surface area is 118 Å². The third-order valence-electron chi connectivity index (χ3n) is 3.04. The van der Waals surface area contributed by atoms with Crippen molar-refractivity contribution >= 4 is 5.82 Å². The third-order valence-corrected chi connectivity index (χ3v) is 3.04. The van der Waals surface area contributed by atoms with Gasteiger partial charge < -0.3 is 11.6 Å². The number of nitrogen functional groups attached to an aromatic ring is 2. The molecular weight excluding hydrogens is 288 g/mol. The summed E-state index contributed by atoms with van der Waals surface area (Å²) >= 11 is 0. The highest BCUT2D eigenvalue weighted by atomic mass is 19.4. The lowest BCUT2D eigenvalue weighted by molar-refractivity contribution is -0.137. The number of hydrogen-bond acceptors (Lipinski definition) is 3. The first-order valence-electron chi connectivity index (χ1n) is 6.25. The van der Waals surface area contributed by atoms with Gasteiger partial charge in [-0.25, -0.2) is 14.1 Å². The fourth-order valence-electron chi connectivity index (χ4n) is 2.05. The van der Waals surface area contributed by atoms with Crippen LogP contribution in [0, 0.1) is 5.82 Å². The van der Waals surface area contributed by atoms with Gasteiger partial charge in [0.05, 0.1) is 5.56 Å². The van der Waals surface area contributed by atoms with Crippen molar-refractivity contribution in [3.05, 3.63) is 35.4 Å². The highest BCUT2D eigenvalue weighted by Gasteiger charge is 2.35. The molecule has 4 N–H and O–H groups in total. The summed E-state index contributed by atoms with van der Waals surface area (Å²) in [4.78, 5) is 4.06. The number of nitrogens with zero attached hydrogens (tertiary/aromatic N) is 2. The smallest absolute Gasteiger partial charge is 0.382 e. The average Bonchev–Trinajstić information content (AvgIpc) is 2.67. The Morgan fingerprint density at radius 2 is 1.95 bits per heavy atom. The minimum absolute atomic E-state index is 0.0874. The van der Waals surface area contributed by atoms with E-state index in [4.69, 9.17) is 11.6 Å². The van der Waals surface area contributed by atoms with Crippen LogP contribution in [-0.4, -0.2) is 9.66 Å². The molecule has 1 aromatic carbocycles. The molecule has 2 rings (SSSR count). The van der Waals surface area contributed by atoms with E-state index < -0.39 is 17.6 Å². The van der Waals surface area contributed by atoms with Crippen molar-refractivity contribution in [1.82, 2.24) is 9.66 Å². The van der Waals surface area contributed by atoms with Crippen molar-refractivity contribution in [2.75, 3.05) is 11.6 Å². The Morgan fingerprint density at radius 3 is 2.52 bits per heavy atom. The number of aryl methyl sites for hydroxylation is 1. The van der Waals surface area contributed by atoms with Crippen LogP contribution in [0.4, 0.5) is 23.4 Å². The van der Waals surface area contributed by atoms with Gasteiger partial charge in [0.1, 0.15) is 17.3 Å². The van der Waals surface area contributed by atoms with Gasteiger partial charge in [0, 0.05) is 12.0 Å². The number of benzene rings is 1. The lowest BCUT2D eigenvalue weighted by atomic mass is 10.0. The van der Waals surface area contributed by atoms with Crippen molar-refractivity contribution in [2.45, 2.75) is 25.9 Å². The quantitative estimate of drug-likeness (QED) is 0.676. The predicted octanol–water partition coefficient (Wildman–Crippen LogP) is 2.96. The van der Waals surface area contributed by atoms with E-state index in [1.807, 2.05) is 6.92 Å². The van der Waals surface area contributed by atoms with Crippen LogP contribution in [0.15, 0.2) is 18.2 Å². The van der Waals surface area contributed by atoms with E-state index >= 15 is 0 Å². The Morgan fingerprint density at radius 1 is 1.29 bits per heavy atom. The van der Waals surface area contributed by atoms with Gasteiger partial charge in [0.2, 0.25) is 0 Å². The second-order valence-electron chi connectivity index (χ2n) is 4.57. The van der Waals surface area contributed by atoms with E-state index in [1.54, 1.807) is 0 Å². The number of hydrogen-bond donors (Lipinski definition) is 2. The molecule has 0 fully saturated rings. The number of halogens is 4. The monoisotopic (exact) mass is 302 g/mol. The first kappa shape index (κ1) is 15.1. The Hall–Kier alpha value is -2.25. The van der Waals surface area contributed by atoms with E-state index in [9.17, 15) is 17.6 Å². The van der Waals surface area contributed by atoms with E-state index in [-0.39, 0.29) is 17.1 Å². The van der Waals surface area contributed by atoms with Gasteiger partial charge >= 0.3 is 6.18 Å². The van der Waals surface area contributed by atoms with Crippen molar-refractivity contribution in [3.8, 4) is 11.3 Å². The minimum atomic E-state index is -4.72. The van der Waals surface area contributed by atoms with Crippen molar-refractivity contribution in [1.29, 1.82) is 0 Å². The second-order valence-corrected chi connectivity index (χ2v) is 4.57. The number of alkyl halides is 3. The van der Waals surface area contributed by atoms with Crippen LogP contribution >= 0.6 is 0 Å². The van der Waals surface area contributed by atoms with Gasteiger partial charge in [0.15, 0.2) is 5.82 Å². The molecule has 2 aromatic rings. The highest BCUT2D eigenvalue weighted by molar-refractivity contribution is 5.74. The molecule has 114 valence electrons. The maximum atomic E-state index is 13.1. The lowest BCUT2D eigenvalue weighted by Gasteiger charge is -2.12. The summed E-state index contributed by atoms with van der Waals surface area (Å²) in [6.07, 6.45) is -3.53. The maximum absolute atomic E-state index is 13.1. The van der Waals surface area contributed by atoms with Gasteiger partial charge in [-0.1, -0.05) is 6.92 Å². The lowest BCUT2D eigenvalue weighted by Crippen LogP contribution is -2.15. The summed E-state index contributed by atoms with van der Waals surface area (Å²) in [6.45, 7) is 1.88. The van der Waals surface area contributed by atoms with Gasteiger partial charge in [-0.05, 0) is 24.6 Å². The summed E-state index contributed by atoms with van der Waals surface area (Å²) in [5, 5.41) is 0. The van der Waals surface area contributed by atoms with Gasteiger partial charge in [-0.15, -0.1) is 0 Å². The zero-order valence-corrected chi connectivity index (χ0v) is 11.2. The number of anilines is 1. The molecule has 0 aliphatic carbocycles. The van der Waals surface area contributed by atoms with E-state index in [2.05, 4.69) is 4.98 Å². The van der Waals surface area contributed by atoms with E-state index in [1.165, 1.54) is 0 Å². The zero-order valence-electron chi connectivity index (χ0n) is 11.2. The van der Waals surface area contributed by atoms with Crippen molar-refractivity contribution in [3.63, 3.8) is 0 Å². The average molecular weight is 302 g/mol. The number of nitrogens with two attached hydrogens (primary N) is 2. The number of aromatic nitrogens is 2. The molecular formula is C13H14F4N4. The molecule has 0 aliphatic heterocycles. The zero-order chi connectivity index (χ0) is 15.8. The van der Waals surface area contributed by atoms with Crippen LogP contribution in [0.3, 0.4) is 0 Å².